The third-order valence-corrected chi connectivity index (χ3v) is 4.39. The van der Waals surface area contributed by atoms with Gasteiger partial charge in [-0.3, -0.25) is 0 Å². The average molecular weight is 311 g/mol. The molecule has 2 aromatic rings. The summed E-state index contributed by atoms with van der Waals surface area (Å²) < 4.78 is 0. The van der Waals surface area contributed by atoms with Crippen LogP contribution in [0.15, 0.2) is 60.7 Å². The molecule has 0 bridgehead atoms. The molecule has 3 rings (SSSR count). The number of hydrogen-bond acceptors (Lipinski definition) is 3. The summed E-state index contributed by atoms with van der Waals surface area (Å²) in [7, 11) is 0. The maximum absolute atomic E-state index is 11.3. The first-order chi connectivity index (χ1) is 11.2. The van der Waals surface area contributed by atoms with Crippen molar-refractivity contribution in [3.8, 4) is 0 Å². The van der Waals surface area contributed by atoms with Crippen molar-refractivity contribution < 1.29 is 5.03 Å². The van der Waals surface area contributed by atoms with Crippen LogP contribution in [-0.4, -0.2) is 35.7 Å². The van der Waals surface area contributed by atoms with Gasteiger partial charge in [-0.05, 0) is 30.5 Å². The molecule has 5 heteroatoms. The monoisotopic (exact) mass is 311 g/mol. The number of piperazine rings is 1. The molecule has 1 atom stereocenters. The maximum atomic E-state index is 11.3. The first kappa shape index (κ1) is 15.3. The average Bonchev–Trinajstić information content (AvgIpc) is 2.61. The smallest absolute Gasteiger partial charge is 0.160 e. The lowest BCUT2D eigenvalue weighted by Gasteiger charge is -2.37. The molecule has 1 heterocycles. The zero-order valence-electron chi connectivity index (χ0n) is 13.0. The van der Waals surface area contributed by atoms with E-state index >= 15 is 0 Å². The summed E-state index contributed by atoms with van der Waals surface area (Å²) in [4.78, 5) is 13.6. The first-order valence-electron chi connectivity index (χ1n) is 7.99. The molecule has 0 saturated carbocycles. The summed E-state index contributed by atoms with van der Waals surface area (Å²) in [6.45, 7) is 1.84. The van der Waals surface area contributed by atoms with Crippen LogP contribution in [0, 0.1) is 10.1 Å². The third-order valence-electron chi connectivity index (χ3n) is 4.39. The first-order valence-corrected chi connectivity index (χ1v) is 7.99. The van der Waals surface area contributed by atoms with Gasteiger partial charge in [-0.15, -0.1) is 5.01 Å². The number of para-hydroxylation sites is 1. The molecular formula is C18H21N3O2. The predicted octanol–water partition coefficient (Wildman–Crippen LogP) is 3.00. The van der Waals surface area contributed by atoms with Crippen LogP contribution in [0.3, 0.4) is 0 Å². The van der Waals surface area contributed by atoms with Crippen molar-refractivity contribution >= 4 is 5.69 Å². The van der Waals surface area contributed by atoms with Gasteiger partial charge in [0.15, 0.2) is 5.03 Å². The van der Waals surface area contributed by atoms with Crippen LogP contribution < -0.4 is 4.90 Å². The largest absolute Gasteiger partial charge is 0.367 e. The van der Waals surface area contributed by atoms with Gasteiger partial charge in [0.25, 0.3) is 0 Å². The summed E-state index contributed by atoms with van der Waals surface area (Å²) in [6, 6.07) is 20.2. The van der Waals surface area contributed by atoms with Gasteiger partial charge in [-0.1, -0.05) is 48.5 Å². The van der Waals surface area contributed by atoms with Gasteiger partial charge in [-0.25, -0.2) is 10.1 Å². The van der Waals surface area contributed by atoms with E-state index in [0.717, 1.165) is 18.5 Å². The summed E-state index contributed by atoms with van der Waals surface area (Å²) in [6.07, 6.45) is 1.65. The molecule has 2 aromatic carbocycles. The van der Waals surface area contributed by atoms with Gasteiger partial charge < -0.3 is 4.90 Å². The molecule has 0 N–H and O–H groups in total. The van der Waals surface area contributed by atoms with Crippen molar-refractivity contribution in [1.29, 1.82) is 0 Å². The van der Waals surface area contributed by atoms with Gasteiger partial charge >= 0.3 is 0 Å². The topological polar surface area (TPSA) is 49.6 Å². The predicted molar refractivity (Wildman–Crippen MR) is 90.9 cm³/mol. The number of aryl methyl sites for hydroxylation is 1. The third kappa shape index (κ3) is 3.80. The van der Waals surface area contributed by atoms with Crippen LogP contribution in [0.2, 0.25) is 0 Å². The summed E-state index contributed by atoms with van der Waals surface area (Å²) in [5, 5.41) is 12.5. The Morgan fingerprint density at radius 1 is 1.00 bits per heavy atom. The van der Waals surface area contributed by atoms with E-state index in [0.29, 0.717) is 19.6 Å². The van der Waals surface area contributed by atoms with Gasteiger partial charge in [0, 0.05) is 18.8 Å². The zero-order chi connectivity index (χ0) is 16.1. The number of hydrazine groups is 1. The minimum absolute atomic E-state index is 0.0702. The minimum Gasteiger partial charge on any atom is -0.367 e. The molecule has 120 valence electrons. The molecule has 0 amide bonds. The van der Waals surface area contributed by atoms with E-state index < -0.39 is 0 Å². The Morgan fingerprint density at radius 2 is 1.65 bits per heavy atom. The second-order valence-corrected chi connectivity index (χ2v) is 5.86. The number of nitro groups is 1. The van der Waals surface area contributed by atoms with E-state index in [1.54, 1.807) is 0 Å². The SMILES string of the molecule is O=[N+]([O-])N1CCN(c2ccccc2)CC1CCc1ccccc1. The fourth-order valence-corrected chi connectivity index (χ4v) is 3.15. The molecule has 0 spiro atoms. The van der Waals surface area contributed by atoms with E-state index in [9.17, 15) is 10.1 Å². The Kier molecular flexibility index (Phi) is 4.76. The molecule has 0 radical (unpaired) electrons. The molecule has 23 heavy (non-hydrogen) atoms. The normalized spacial score (nSPS) is 18.0. The lowest BCUT2D eigenvalue weighted by molar-refractivity contribution is -0.665. The maximum Gasteiger partial charge on any atom is 0.160 e. The molecule has 0 aromatic heterocycles. The highest BCUT2D eigenvalue weighted by Gasteiger charge is 2.33. The highest BCUT2D eigenvalue weighted by molar-refractivity contribution is 5.46. The molecular weight excluding hydrogens is 290 g/mol. The van der Waals surface area contributed by atoms with Crippen LogP contribution in [0.25, 0.3) is 0 Å². The second kappa shape index (κ2) is 7.13. The number of rotatable bonds is 5. The van der Waals surface area contributed by atoms with Gasteiger partial charge in [0.2, 0.25) is 0 Å². The van der Waals surface area contributed by atoms with Crippen molar-refractivity contribution in [3.63, 3.8) is 0 Å². The summed E-state index contributed by atoms with van der Waals surface area (Å²) in [5.41, 5.74) is 2.37. The van der Waals surface area contributed by atoms with Crippen molar-refractivity contribution in [1.82, 2.24) is 5.01 Å². The van der Waals surface area contributed by atoms with Crippen molar-refractivity contribution in [2.45, 2.75) is 18.9 Å². The molecule has 0 aliphatic carbocycles. The molecule has 1 fully saturated rings. The van der Waals surface area contributed by atoms with Crippen molar-refractivity contribution in [3.05, 3.63) is 76.3 Å². The number of anilines is 1. The van der Waals surface area contributed by atoms with E-state index in [2.05, 4.69) is 29.2 Å². The Labute approximate surface area is 136 Å². The highest BCUT2D eigenvalue weighted by atomic mass is 16.7. The van der Waals surface area contributed by atoms with Crippen LogP contribution in [-0.2, 0) is 6.42 Å². The molecule has 1 saturated heterocycles. The van der Waals surface area contributed by atoms with Crippen molar-refractivity contribution in [2.24, 2.45) is 0 Å². The fourth-order valence-electron chi connectivity index (χ4n) is 3.15. The Hall–Kier alpha value is -2.56. The minimum atomic E-state index is -0.238. The Balaban J connectivity index is 1.69. The van der Waals surface area contributed by atoms with E-state index in [4.69, 9.17) is 0 Å². The fraction of sp³-hybridized carbons (Fsp3) is 0.333. The molecule has 1 aliphatic rings. The molecule has 1 unspecified atom stereocenters. The van der Waals surface area contributed by atoms with E-state index in [1.807, 2.05) is 36.4 Å². The van der Waals surface area contributed by atoms with Crippen LogP contribution >= 0.6 is 0 Å². The van der Waals surface area contributed by atoms with E-state index in [-0.39, 0.29) is 11.1 Å². The second-order valence-electron chi connectivity index (χ2n) is 5.86. The number of hydrogen-bond donors (Lipinski definition) is 0. The number of nitrogens with zero attached hydrogens (tertiary/aromatic N) is 3. The van der Waals surface area contributed by atoms with Crippen molar-refractivity contribution in [2.75, 3.05) is 24.5 Å². The lowest BCUT2D eigenvalue weighted by Crippen LogP contribution is -2.55. The van der Waals surface area contributed by atoms with Crippen LogP contribution in [0.1, 0.15) is 12.0 Å². The molecule has 5 nitrogen and oxygen atoms in total. The standard InChI is InChI=1S/C18H21N3O2/c22-21(23)20-14-13-19(17-9-5-2-6-10-17)15-18(20)12-11-16-7-3-1-4-8-16/h1-10,18H,11-15H2. The quantitative estimate of drug-likeness (QED) is 0.629. The van der Waals surface area contributed by atoms with Gasteiger partial charge in [-0.2, -0.15) is 0 Å². The number of benzene rings is 2. The van der Waals surface area contributed by atoms with Crippen LogP contribution in [0.4, 0.5) is 5.69 Å². The summed E-state index contributed by atoms with van der Waals surface area (Å²) in [5.74, 6) is 0. The van der Waals surface area contributed by atoms with Gasteiger partial charge in [0.1, 0.15) is 6.04 Å². The van der Waals surface area contributed by atoms with Gasteiger partial charge in [0.05, 0.1) is 6.54 Å². The lowest BCUT2D eigenvalue weighted by atomic mass is 10.0. The summed E-state index contributed by atoms with van der Waals surface area (Å²) >= 11 is 0. The van der Waals surface area contributed by atoms with Crippen LogP contribution in [0.5, 0.6) is 0 Å². The van der Waals surface area contributed by atoms with E-state index in [1.165, 1.54) is 10.6 Å². The molecule has 1 aliphatic heterocycles. The Bertz CT molecular complexity index is 633. The Morgan fingerprint density at radius 3 is 2.30 bits per heavy atom. The zero-order valence-corrected chi connectivity index (χ0v) is 13.0. The highest BCUT2D eigenvalue weighted by Crippen LogP contribution is 2.21.